The minimum Gasteiger partial charge on any atom is -0.370 e. The molecular formula is C15H28N6O. The van der Waals surface area contributed by atoms with E-state index in [9.17, 15) is 0 Å². The lowest BCUT2D eigenvalue weighted by Crippen LogP contribution is -2.36. The smallest absolute Gasteiger partial charge is 0.228 e. The summed E-state index contributed by atoms with van der Waals surface area (Å²) in [5.74, 6) is 2.16. The summed E-state index contributed by atoms with van der Waals surface area (Å²) in [6.07, 6.45) is 3.13. The number of likely N-dealkylation sites (N-methyl/N-ethyl adjacent to an activating group) is 1. The minimum atomic E-state index is 0.282. The first kappa shape index (κ1) is 16.7. The number of aromatic nitrogens is 2. The molecule has 3 N–H and O–H groups in total. The summed E-state index contributed by atoms with van der Waals surface area (Å²) in [6, 6.07) is 0.537. The fourth-order valence-corrected chi connectivity index (χ4v) is 2.68. The highest BCUT2D eigenvalue weighted by Crippen LogP contribution is 2.16. The fourth-order valence-electron chi connectivity index (χ4n) is 2.68. The second-order valence-corrected chi connectivity index (χ2v) is 6.03. The van der Waals surface area contributed by atoms with Crippen molar-refractivity contribution in [1.29, 1.82) is 0 Å². The summed E-state index contributed by atoms with van der Waals surface area (Å²) in [5, 5.41) is 7.05. The average Bonchev–Trinajstić information content (AvgIpc) is 3.13. The number of hydrogen-bond acceptors (Lipinski definition) is 5. The first-order valence-electron chi connectivity index (χ1n) is 8.20. The maximum absolute atomic E-state index is 5.91. The molecule has 1 atom stereocenters. The van der Waals surface area contributed by atoms with Gasteiger partial charge in [0.1, 0.15) is 0 Å². The van der Waals surface area contributed by atoms with Crippen LogP contribution in [0.5, 0.6) is 0 Å². The van der Waals surface area contributed by atoms with Crippen LogP contribution in [0.3, 0.4) is 0 Å². The molecule has 1 aromatic rings. The largest absolute Gasteiger partial charge is 0.370 e. The van der Waals surface area contributed by atoms with E-state index in [1.165, 1.54) is 19.4 Å². The van der Waals surface area contributed by atoms with Gasteiger partial charge in [0, 0.05) is 24.9 Å². The Balaban J connectivity index is 1.70. The number of guanidine groups is 1. The zero-order chi connectivity index (χ0) is 15.9. The molecule has 1 unspecified atom stereocenters. The predicted octanol–water partition coefficient (Wildman–Crippen LogP) is 1.12. The number of likely N-dealkylation sites (tertiary alicyclic amines) is 1. The second kappa shape index (κ2) is 8.12. The summed E-state index contributed by atoms with van der Waals surface area (Å²) in [7, 11) is 0. The van der Waals surface area contributed by atoms with Crippen molar-refractivity contribution in [3.8, 4) is 0 Å². The van der Waals surface area contributed by atoms with E-state index in [1.54, 1.807) is 0 Å². The van der Waals surface area contributed by atoms with Gasteiger partial charge in [-0.05, 0) is 25.9 Å². The molecule has 2 rings (SSSR count). The van der Waals surface area contributed by atoms with Crippen LogP contribution in [0.2, 0.25) is 0 Å². The Hall–Kier alpha value is -1.63. The van der Waals surface area contributed by atoms with Crippen LogP contribution in [0.15, 0.2) is 9.52 Å². The van der Waals surface area contributed by atoms with Crippen molar-refractivity contribution in [2.45, 2.75) is 52.0 Å². The first-order chi connectivity index (χ1) is 10.6. The zero-order valence-electron chi connectivity index (χ0n) is 13.9. The van der Waals surface area contributed by atoms with Gasteiger partial charge in [0.05, 0.1) is 6.54 Å². The Morgan fingerprint density at radius 2 is 2.36 bits per heavy atom. The first-order valence-corrected chi connectivity index (χ1v) is 8.20. The molecule has 0 aromatic carbocycles. The molecule has 22 heavy (non-hydrogen) atoms. The van der Waals surface area contributed by atoms with E-state index in [0.717, 1.165) is 18.9 Å². The number of hydrogen-bond donors (Lipinski definition) is 2. The normalized spacial score (nSPS) is 20.0. The topological polar surface area (TPSA) is 92.6 Å². The summed E-state index contributed by atoms with van der Waals surface area (Å²) in [6.45, 7) is 9.96. The van der Waals surface area contributed by atoms with Crippen molar-refractivity contribution in [2.75, 3.05) is 26.2 Å². The molecule has 0 radical (unpaired) electrons. The zero-order valence-corrected chi connectivity index (χ0v) is 13.9. The molecule has 0 saturated carbocycles. The van der Waals surface area contributed by atoms with Crippen molar-refractivity contribution in [3.63, 3.8) is 0 Å². The SMILES string of the molecule is CCN1CCCC1CN=C(N)NCCc1nc(C(C)C)no1. The van der Waals surface area contributed by atoms with Crippen LogP contribution in [0.4, 0.5) is 0 Å². The number of nitrogens with zero attached hydrogens (tertiary/aromatic N) is 4. The molecule has 0 aliphatic carbocycles. The van der Waals surface area contributed by atoms with E-state index in [-0.39, 0.29) is 5.92 Å². The maximum Gasteiger partial charge on any atom is 0.228 e. The van der Waals surface area contributed by atoms with Crippen molar-refractivity contribution in [1.82, 2.24) is 20.4 Å². The molecular weight excluding hydrogens is 280 g/mol. The second-order valence-electron chi connectivity index (χ2n) is 6.03. The Bertz CT molecular complexity index is 484. The van der Waals surface area contributed by atoms with Crippen LogP contribution in [-0.4, -0.2) is 53.2 Å². The average molecular weight is 308 g/mol. The number of aliphatic imine (C=N–C) groups is 1. The number of nitrogens with one attached hydrogen (secondary N) is 1. The molecule has 124 valence electrons. The van der Waals surface area contributed by atoms with E-state index >= 15 is 0 Å². The van der Waals surface area contributed by atoms with Crippen molar-refractivity contribution in [2.24, 2.45) is 10.7 Å². The molecule has 1 aromatic heterocycles. The Labute approximate surface area is 132 Å². The van der Waals surface area contributed by atoms with Gasteiger partial charge in [0.2, 0.25) is 5.89 Å². The van der Waals surface area contributed by atoms with Crippen LogP contribution in [0.1, 0.15) is 51.2 Å². The molecule has 0 amide bonds. The molecule has 0 spiro atoms. The van der Waals surface area contributed by atoms with Gasteiger partial charge < -0.3 is 15.6 Å². The van der Waals surface area contributed by atoms with Gasteiger partial charge in [-0.1, -0.05) is 25.9 Å². The Kier molecular flexibility index (Phi) is 6.18. The van der Waals surface area contributed by atoms with Crippen LogP contribution in [0, 0.1) is 0 Å². The van der Waals surface area contributed by atoms with Gasteiger partial charge in [0.25, 0.3) is 0 Å². The van der Waals surface area contributed by atoms with E-state index in [2.05, 4.69) is 32.3 Å². The summed E-state index contributed by atoms with van der Waals surface area (Å²) in [5.41, 5.74) is 5.91. The van der Waals surface area contributed by atoms with Crippen LogP contribution < -0.4 is 11.1 Å². The highest BCUT2D eigenvalue weighted by Gasteiger charge is 2.22. The van der Waals surface area contributed by atoms with Crippen molar-refractivity contribution < 1.29 is 4.52 Å². The summed E-state index contributed by atoms with van der Waals surface area (Å²) < 4.78 is 5.19. The van der Waals surface area contributed by atoms with Crippen LogP contribution >= 0.6 is 0 Å². The third kappa shape index (κ3) is 4.69. The molecule has 7 heteroatoms. The maximum atomic E-state index is 5.91. The molecule has 7 nitrogen and oxygen atoms in total. The molecule has 1 aliphatic rings. The van der Waals surface area contributed by atoms with Crippen LogP contribution in [0.25, 0.3) is 0 Å². The third-order valence-corrected chi connectivity index (χ3v) is 4.02. The van der Waals surface area contributed by atoms with Gasteiger partial charge in [-0.3, -0.25) is 9.89 Å². The summed E-state index contributed by atoms with van der Waals surface area (Å²) >= 11 is 0. The van der Waals surface area contributed by atoms with E-state index in [1.807, 2.05) is 13.8 Å². The molecule has 2 heterocycles. The van der Waals surface area contributed by atoms with E-state index in [0.29, 0.717) is 30.9 Å². The van der Waals surface area contributed by atoms with Crippen LogP contribution in [-0.2, 0) is 6.42 Å². The third-order valence-electron chi connectivity index (χ3n) is 4.02. The van der Waals surface area contributed by atoms with Gasteiger partial charge in [-0.2, -0.15) is 4.98 Å². The standard InChI is InChI=1S/C15H28N6O/c1-4-21-9-5-6-12(21)10-18-15(16)17-8-7-13-19-14(11(2)3)20-22-13/h11-12H,4-10H2,1-3H3,(H3,16,17,18). The lowest BCUT2D eigenvalue weighted by molar-refractivity contribution is 0.273. The van der Waals surface area contributed by atoms with Gasteiger partial charge >= 0.3 is 0 Å². The van der Waals surface area contributed by atoms with Gasteiger partial charge in [0.15, 0.2) is 11.8 Å². The number of rotatable bonds is 7. The monoisotopic (exact) mass is 308 g/mol. The van der Waals surface area contributed by atoms with E-state index in [4.69, 9.17) is 10.3 Å². The molecule has 1 saturated heterocycles. The minimum absolute atomic E-state index is 0.282. The predicted molar refractivity (Wildman–Crippen MR) is 86.9 cm³/mol. The Morgan fingerprint density at radius 3 is 3.05 bits per heavy atom. The molecule has 1 fully saturated rings. The van der Waals surface area contributed by atoms with Gasteiger partial charge in [-0.15, -0.1) is 0 Å². The Morgan fingerprint density at radius 1 is 1.55 bits per heavy atom. The fraction of sp³-hybridized carbons (Fsp3) is 0.800. The highest BCUT2D eigenvalue weighted by molar-refractivity contribution is 5.77. The number of nitrogens with two attached hydrogens (primary N) is 1. The molecule has 0 bridgehead atoms. The van der Waals surface area contributed by atoms with Crippen molar-refractivity contribution >= 4 is 5.96 Å². The van der Waals surface area contributed by atoms with E-state index < -0.39 is 0 Å². The summed E-state index contributed by atoms with van der Waals surface area (Å²) in [4.78, 5) is 11.2. The van der Waals surface area contributed by atoms with Crippen molar-refractivity contribution in [3.05, 3.63) is 11.7 Å². The molecule has 1 aliphatic heterocycles. The lowest BCUT2D eigenvalue weighted by Gasteiger charge is -2.20. The quantitative estimate of drug-likeness (QED) is 0.579. The lowest BCUT2D eigenvalue weighted by atomic mass is 10.2. The highest BCUT2D eigenvalue weighted by atomic mass is 16.5. The van der Waals surface area contributed by atoms with Gasteiger partial charge in [-0.25, -0.2) is 0 Å².